The third-order valence-corrected chi connectivity index (χ3v) is 2.20. The first-order valence-corrected chi connectivity index (χ1v) is 5.04. The molecule has 0 unspecified atom stereocenters. The van der Waals surface area contributed by atoms with Gasteiger partial charge in [-0.3, -0.25) is 9.48 Å². The minimum atomic E-state index is 0.00718. The lowest BCUT2D eigenvalue weighted by molar-refractivity contribution is 0.101. The number of carbonyl (C=O) groups is 1. The molecule has 0 atom stereocenters. The van der Waals surface area contributed by atoms with E-state index in [2.05, 4.69) is 10.4 Å². The van der Waals surface area contributed by atoms with Crippen LogP contribution < -0.4 is 5.32 Å². The van der Waals surface area contributed by atoms with E-state index in [1.165, 1.54) is 6.92 Å². The van der Waals surface area contributed by atoms with Gasteiger partial charge in [0.2, 0.25) is 0 Å². The fourth-order valence-electron chi connectivity index (χ4n) is 1.35. The van der Waals surface area contributed by atoms with Crippen LogP contribution in [0.4, 0.5) is 5.82 Å². The monoisotopic (exact) mass is 211 g/mol. The SMILES string of the molecule is CC(=O)c1cnn(C)c1NCCCCO. The summed E-state index contributed by atoms with van der Waals surface area (Å²) in [6.07, 6.45) is 3.20. The van der Waals surface area contributed by atoms with Gasteiger partial charge < -0.3 is 10.4 Å². The fourth-order valence-corrected chi connectivity index (χ4v) is 1.35. The predicted octanol–water partition coefficient (Wildman–Crippen LogP) is 0.807. The lowest BCUT2D eigenvalue weighted by atomic mass is 10.2. The minimum Gasteiger partial charge on any atom is -0.396 e. The summed E-state index contributed by atoms with van der Waals surface area (Å²) in [7, 11) is 1.79. The Bertz CT molecular complexity index is 333. The number of unbranched alkanes of at least 4 members (excludes halogenated alkanes) is 1. The Labute approximate surface area is 89.1 Å². The van der Waals surface area contributed by atoms with E-state index < -0.39 is 0 Å². The summed E-state index contributed by atoms with van der Waals surface area (Å²) in [4.78, 5) is 11.2. The maximum absolute atomic E-state index is 11.2. The van der Waals surface area contributed by atoms with Gasteiger partial charge in [0.25, 0.3) is 0 Å². The lowest BCUT2D eigenvalue weighted by Gasteiger charge is -2.07. The van der Waals surface area contributed by atoms with Gasteiger partial charge in [-0.2, -0.15) is 5.10 Å². The van der Waals surface area contributed by atoms with Gasteiger partial charge in [0.15, 0.2) is 5.78 Å². The Balaban J connectivity index is 2.58. The molecule has 84 valence electrons. The van der Waals surface area contributed by atoms with Crippen molar-refractivity contribution in [3.05, 3.63) is 11.8 Å². The molecule has 1 heterocycles. The van der Waals surface area contributed by atoms with Crippen molar-refractivity contribution in [1.29, 1.82) is 0 Å². The number of hydrogen-bond acceptors (Lipinski definition) is 4. The average Bonchev–Trinajstić information content (AvgIpc) is 2.55. The molecule has 0 aliphatic carbocycles. The predicted molar refractivity (Wildman–Crippen MR) is 58.0 cm³/mol. The molecule has 0 aromatic carbocycles. The third-order valence-electron chi connectivity index (χ3n) is 2.20. The van der Waals surface area contributed by atoms with Gasteiger partial charge in [-0.1, -0.05) is 0 Å². The van der Waals surface area contributed by atoms with Crippen LogP contribution in [0.5, 0.6) is 0 Å². The molecule has 0 aliphatic rings. The summed E-state index contributed by atoms with van der Waals surface area (Å²) in [6, 6.07) is 0. The molecule has 1 aromatic rings. The van der Waals surface area contributed by atoms with Crippen molar-refractivity contribution in [3.8, 4) is 0 Å². The van der Waals surface area contributed by atoms with Crippen molar-refractivity contribution in [2.45, 2.75) is 19.8 Å². The molecule has 0 bridgehead atoms. The molecular weight excluding hydrogens is 194 g/mol. The van der Waals surface area contributed by atoms with E-state index in [0.717, 1.165) is 25.2 Å². The molecule has 5 nitrogen and oxygen atoms in total. The van der Waals surface area contributed by atoms with Crippen LogP contribution >= 0.6 is 0 Å². The summed E-state index contributed by atoms with van der Waals surface area (Å²) in [5.74, 6) is 0.758. The van der Waals surface area contributed by atoms with Crippen LogP contribution in [-0.2, 0) is 7.05 Å². The van der Waals surface area contributed by atoms with Gasteiger partial charge in [-0.05, 0) is 19.8 Å². The first-order valence-electron chi connectivity index (χ1n) is 5.04. The number of carbonyl (C=O) groups excluding carboxylic acids is 1. The van der Waals surface area contributed by atoms with Crippen LogP contribution in [0.15, 0.2) is 6.20 Å². The molecule has 1 rings (SSSR count). The third kappa shape index (κ3) is 3.06. The molecule has 0 saturated heterocycles. The number of aryl methyl sites for hydroxylation is 1. The highest BCUT2D eigenvalue weighted by molar-refractivity contribution is 5.98. The topological polar surface area (TPSA) is 67.2 Å². The van der Waals surface area contributed by atoms with Gasteiger partial charge in [0.05, 0.1) is 11.8 Å². The highest BCUT2D eigenvalue weighted by Gasteiger charge is 2.11. The van der Waals surface area contributed by atoms with E-state index in [-0.39, 0.29) is 12.4 Å². The zero-order valence-corrected chi connectivity index (χ0v) is 9.16. The second kappa shape index (κ2) is 5.50. The number of aliphatic hydroxyl groups is 1. The molecule has 0 saturated carbocycles. The summed E-state index contributed by atoms with van der Waals surface area (Å²) < 4.78 is 1.65. The zero-order valence-electron chi connectivity index (χ0n) is 9.16. The summed E-state index contributed by atoms with van der Waals surface area (Å²) in [6.45, 7) is 2.46. The number of anilines is 1. The number of nitrogens with zero attached hydrogens (tertiary/aromatic N) is 2. The second-order valence-corrected chi connectivity index (χ2v) is 3.44. The van der Waals surface area contributed by atoms with Crippen molar-refractivity contribution in [1.82, 2.24) is 9.78 Å². The number of nitrogens with one attached hydrogen (secondary N) is 1. The number of ketones is 1. The van der Waals surface area contributed by atoms with Gasteiger partial charge in [0, 0.05) is 20.2 Å². The fraction of sp³-hybridized carbons (Fsp3) is 0.600. The molecule has 15 heavy (non-hydrogen) atoms. The molecule has 0 fully saturated rings. The van der Waals surface area contributed by atoms with E-state index in [4.69, 9.17) is 5.11 Å². The van der Waals surface area contributed by atoms with Crippen molar-refractivity contribution in [2.75, 3.05) is 18.5 Å². The lowest BCUT2D eigenvalue weighted by Crippen LogP contribution is -2.09. The molecule has 0 amide bonds. The van der Waals surface area contributed by atoms with Crippen LogP contribution in [0.3, 0.4) is 0 Å². The van der Waals surface area contributed by atoms with E-state index in [1.807, 2.05) is 0 Å². The maximum atomic E-state index is 11.2. The van der Waals surface area contributed by atoms with E-state index in [9.17, 15) is 4.79 Å². The van der Waals surface area contributed by atoms with Gasteiger partial charge in [-0.15, -0.1) is 0 Å². The summed E-state index contributed by atoms with van der Waals surface area (Å²) in [5, 5.41) is 15.8. The van der Waals surface area contributed by atoms with Gasteiger partial charge in [-0.25, -0.2) is 0 Å². The molecule has 0 radical (unpaired) electrons. The smallest absolute Gasteiger partial charge is 0.165 e. The molecule has 0 spiro atoms. The van der Waals surface area contributed by atoms with E-state index in [0.29, 0.717) is 5.56 Å². The van der Waals surface area contributed by atoms with Gasteiger partial charge >= 0.3 is 0 Å². The number of aromatic nitrogens is 2. The van der Waals surface area contributed by atoms with E-state index in [1.54, 1.807) is 17.9 Å². The normalized spacial score (nSPS) is 10.3. The zero-order chi connectivity index (χ0) is 11.3. The Kier molecular flexibility index (Phi) is 4.30. The van der Waals surface area contributed by atoms with Gasteiger partial charge in [0.1, 0.15) is 5.82 Å². The van der Waals surface area contributed by atoms with Crippen molar-refractivity contribution in [2.24, 2.45) is 7.05 Å². The Morgan fingerprint density at radius 1 is 1.60 bits per heavy atom. The van der Waals surface area contributed by atoms with Crippen molar-refractivity contribution < 1.29 is 9.90 Å². The molecule has 1 aromatic heterocycles. The number of hydrogen-bond donors (Lipinski definition) is 2. The highest BCUT2D eigenvalue weighted by atomic mass is 16.2. The standard InChI is InChI=1S/C10H17N3O2/c1-8(15)9-7-12-13(2)10(9)11-5-3-4-6-14/h7,11,14H,3-6H2,1-2H3. The van der Waals surface area contributed by atoms with Crippen LogP contribution in [0.25, 0.3) is 0 Å². The first kappa shape index (κ1) is 11.7. The quantitative estimate of drug-likeness (QED) is 0.539. The number of aliphatic hydroxyl groups excluding tert-OH is 1. The van der Waals surface area contributed by atoms with Crippen molar-refractivity contribution >= 4 is 11.6 Å². The molecule has 5 heteroatoms. The van der Waals surface area contributed by atoms with Crippen molar-refractivity contribution in [3.63, 3.8) is 0 Å². The highest BCUT2D eigenvalue weighted by Crippen LogP contribution is 2.14. The van der Waals surface area contributed by atoms with Crippen LogP contribution in [0, 0.1) is 0 Å². The minimum absolute atomic E-state index is 0.00718. The van der Waals surface area contributed by atoms with E-state index >= 15 is 0 Å². The molecular formula is C10H17N3O2. The van der Waals surface area contributed by atoms with Crippen LogP contribution in [0.1, 0.15) is 30.1 Å². The average molecular weight is 211 g/mol. The Hall–Kier alpha value is -1.36. The maximum Gasteiger partial charge on any atom is 0.165 e. The summed E-state index contributed by atoms with van der Waals surface area (Å²) in [5.41, 5.74) is 0.612. The second-order valence-electron chi connectivity index (χ2n) is 3.44. The molecule has 2 N–H and O–H groups in total. The first-order chi connectivity index (χ1) is 7.16. The van der Waals surface area contributed by atoms with Crippen LogP contribution in [-0.4, -0.2) is 33.8 Å². The Morgan fingerprint density at radius 3 is 2.93 bits per heavy atom. The molecule has 0 aliphatic heterocycles. The summed E-state index contributed by atoms with van der Waals surface area (Å²) >= 11 is 0. The number of Topliss-reactive ketones (excluding diaryl/α,β-unsaturated/α-hetero) is 1. The number of rotatable bonds is 6. The Morgan fingerprint density at radius 2 is 2.33 bits per heavy atom. The van der Waals surface area contributed by atoms with Crippen LogP contribution in [0.2, 0.25) is 0 Å². The largest absolute Gasteiger partial charge is 0.396 e.